The standard InChI is InChI=1S/C4H5NO/c1-4(6)2-3-5/h2,6H,1H3/b4-2-. The smallest absolute Gasteiger partial charge is 0.0996 e. The molecule has 2 nitrogen and oxygen atoms in total. The first-order valence-electron chi connectivity index (χ1n) is 1.52. The van der Waals surface area contributed by atoms with Crippen LogP contribution in [0.25, 0.3) is 0 Å². The van der Waals surface area contributed by atoms with Gasteiger partial charge in [0, 0.05) is 0 Å². The number of hydrogen-bond donors (Lipinski definition) is 1. The molecule has 0 saturated heterocycles. The Balaban J connectivity index is 3.51. The van der Waals surface area contributed by atoms with Gasteiger partial charge in [-0.05, 0) is 6.92 Å². The van der Waals surface area contributed by atoms with E-state index in [4.69, 9.17) is 10.4 Å². The van der Waals surface area contributed by atoms with E-state index in [9.17, 15) is 0 Å². The molecule has 0 unspecified atom stereocenters. The van der Waals surface area contributed by atoms with Gasteiger partial charge in [0.1, 0.15) is 0 Å². The highest BCUT2D eigenvalue weighted by Crippen LogP contribution is 1.77. The molecule has 6 heavy (non-hydrogen) atoms. The largest absolute Gasteiger partial charge is 0.512 e. The first-order valence-corrected chi connectivity index (χ1v) is 1.52. The van der Waals surface area contributed by atoms with Gasteiger partial charge in [0.15, 0.2) is 0 Å². The van der Waals surface area contributed by atoms with E-state index in [0.717, 1.165) is 6.08 Å². The van der Waals surface area contributed by atoms with E-state index in [1.165, 1.54) is 6.92 Å². The van der Waals surface area contributed by atoms with Gasteiger partial charge in [-0.25, -0.2) is 0 Å². The lowest BCUT2D eigenvalue weighted by Crippen LogP contribution is -1.62. The zero-order valence-electron chi connectivity index (χ0n) is 3.47. The van der Waals surface area contributed by atoms with Crippen molar-refractivity contribution in [3.63, 3.8) is 0 Å². The van der Waals surface area contributed by atoms with Crippen molar-refractivity contribution >= 4 is 0 Å². The monoisotopic (exact) mass is 83.0 g/mol. The average molecular weight is 83.1 g/mol. The van der Waals surface area contributed by atoms with Gasteiger partial charge < -0.3 is 5.11 Å². The summed E-state index contributed by atoms with van der Waals surface area (Å²) in [5.74, 6) is 0.0532. The van der Waals surface area contributed by atoms with Gasteiger partial charge in [-0.1, -0.05) is 0 Å². The van der Waals surface area contributed by atoms with Crippen LogP contribution in [0.2, 0.25) is 0 Å². The fourth-order valence-electron chi connectivity index (χ4n) is 0.0934. The van der Waals surface area contributed by atoms with Crippen LogP contribution in [0.3, 0.4) is 0 Å². The van der Waals surface area contributed by atoms with Crippen LogP contribution in [-0.2, 0) is 0 Å². The number of nitrogens with zero attached hydrogens (tertiary/aromatic N) is 1. The number of aliphatic hydroxyl groups excluding tert-OH is 1. The van der Waals surface area contributed by atoms with Crippen molar-refractivity contribution in [1.29, 1.82) is 5.26 Å². The van der Waals surface area contributed by atoms with Crippen molar-refractivity contribution in [2.75, 3.05) is 0 Å². The summed E-state index contributed by atoms with van der Waals surface area (Å²) in [6, 6.07) is 1.66. The van der Waals surface area contributed by atoms with Crippen molar-refractivity contribution < 1.29 is 5.11 Å². The molecule has 0 atom stereocenters. The molecule has 1 N–H and O–H groups in total. The highest BCUT2D eigenvalue weighted by molar-refractivity contribution is 5.04. The van der Waals surface area contributed by atoms with Gasteiger partial charge in [-0.3, -0.25) is 0 Å². The fourth-order valence-corrected chi connectivity index (χ4v) is 0.0934. The molecule has 0 heterocycles. The highest BCUT2D eigenvalue weighted by atomic mass is 16.3. The molecule has 0 rings (SSSR count). The van der Waals surface area contributed by atoms with Crippen molar-refractivity contribution in [3.05, 3.63) is 11.8 Å². The van der Waals surface area contributed by atoms with Crippen molar-refractivity contribution in [2.24, 2.45) is 0 Å². The minimum Gasteiger partial charge on any atom is -0.512 e. The van der Waals surface area contributed by atoms with Crippen molar-refractivity contribution in [1.82, 2.24) is 0 Å². The maximum atomic E-state index is 8.19. The van der Waals surface area contributed by atoms with Gasteiger partial charge in [0.25, 0.3) is 0 Å². The molecule has 0 aromatic carbocycles. The third-order valence-electron chi connectivity index (χ3n) is 0.273. The van der Waals surface area contributed by atoms with Gasteiger partial charge in [-0.2, -0.15) is 5.26 Å². The minimum atomic E-state index is 0.0532. The van der Waals surface area contributed by atoms with E-state index in [1.54, 1.807) is 6.07 Å². The van der Waals surface area contributed by atoms with Crippen molar-refractivity contribution in [2.45, 2.75) is 6.92 Å². The third-order valence-corrected chi connectivity index (χ3v) is 0.273. The van der Waals surface area contributed by atoms with Crippen LogP contribution in [-0.4, -0.2) is 5.11 Å². The second kappa shape index (κ2) is 2.28. The second-order valence-electron chi connectivity index (χ2n) is 0.915. The third kappa shape index (κ3) is 3.03. The molecule has 2 heteroatoms. The molecule has 0 aliphatic heterocycles. The summed E-state index contributed by atoms with van der Waals surface area (Å²) < 4.78 is 0. The summed E-state index contributed by atoms with van der Waals surface area (Å²) in [6.07, 6.45) is 1.07. The Morgan fingerprint density at radius 2 is 2.50 bits per heavy atom. The molecule has 0 aromatic rings. The molecule has 0 aliphatic rings. The van der Waals surface area contributed by atoms with E-state index in [0.29, 0.717) is 0 Å². The van der Waals surface area contributed by atoms with Crippen LogP contribution in [0, 0.1) is 11.3 Å². The molecular formula is C4H5NO. The van der Waals surface area contributed by atoms with E-state index in [-0.39, 0.29) is 5.76 Å². The summed E-state index contributed by atoms with van der Waals surface area (Å²) in [5.41, 5.74) is 0. The van der Waals surface area contributed by atoms with Crippen LogP contribution in [0.5, 0.6) is 0 Å². The zero-order valence-corrected chi connectivity index (χ0v) is 3.47. The molecule has 0 radical (unpaired) electrons. The molecule has 0 saturated carbocycles. The predicted molar refractivity (Wildman–Crippen MR) is 22.0 cm³/mol. The summed E-state index contributed by atoms with van der Waals surface area (Å²) in [6.45, 7) is 1.45. The number of hydrogen-bond acceptors (Lipinski definition) is 2. The van der Waals surface area contributed by atoms with Crippen LogP contribution >= 0.6 is 0 Å². The molecule has 0 spiro atoms. The molecule has 0 fully saturated rings. The van der Waals surface area contributed by atoms with E-state index < -0.39 is 0 Å². The quantitative estimate of drug-likeness (QED) is 0.350. The van der Waals surface area contributed by atoms with E-state index in [2.05, 4.69) is 0 Å². The molecule has 0 bridgehead atoms. The Labute approximate surface area is 36.3 Å². The zero-order chi connectivity index (χ0) is 4.99. The lowest BCUT2D eigenvalue weighted by atomic mass is 10.5. The van der Waals surface area contributed by atoms with Crippen LogP contribution in [0.4, 0.5) is 0 Å². The molecule has 0 aromatic heterocycles. The van der Waals surface area contributed by atoms with Gasteiger partial charge in [-0.15, -0.1) is 0 Å². The minimum absolute atomic E-state index is 0.0532. The molecule has 32 valence electrons. The molecule has 0 amide bonds. The summed E-state index contributed by atoms with van der Waals surface area (Å²) in [7, 11) is 0. The van der Waals surface area contributed by atoms with Crippen LogP contribution in [0.1, 0.15) is 6.92 Å². The number of rotatable bonds is 0. The van der Waals surface area contributed by atoms with Gasteiger partial charge in [0.2, 0.25) is 0 Å². The molecule has 0 aliphatic carbocycles. The SMILES string of the molecule is C/C(O)=C/C#N. The highest BCUT2D eigenvalue weighted by Gasteiger charge is 1.69. The maximum Gasteiger partial charge on any atom is 0.0996 e. The van der Waals surface area contributed by atoms with Gasteiger partial charge >= 0.3 is 0 Å². The number of aliphatic hydroxyl groups is 1. The second-order valence-corrected chi connectivity index (χ2v) is 0.915. The summed E-state index contributed by atoms with van der Waals surface area (Å²) in [4.78, 5) is 0. The number of nitriles is 1. The normalized spacial score (nSPS) is 10.3. The van der Waals surface area contributed by atoms with E-state index >= 15 is 0 Å². The average Bonchev–Trinajstić information content (AvgIpc) is 1.35. The topological polar surface area (TPSA) is 44.0 Å². The maximum absolute atomic E-state index is 8.19. The molecular weight excluding hydrogens is 78.0 g/mol. The Morgan fingerprint density at radius 1 is 2.00 bits per heavy atom. The first-order chi connectivity index (χ1) is 2.77. The Morgan fingerprint density at radius 3 is 2.50 bits per heavy atom. The summed E-state index contributed by atoms with van der Waals surface area (Å²) >= 11 is 0. The van der Waals surface area contributed by atoms with Crippen LogP contribution in [0.15, 0.2) is 11.8 Å². The number of allylic oxidation sites excluding steroid dienone is 2. The van der Waals surface area contributed by atoms with Gasteiger partial charge in [0.05, 0.1) is 17.9 Å². The lowest BCUT2D eigenvalue weighted by Gasteiger charge is -1.73. The van der Waals surface area contributed by atoms with Crippen molar-refractivity contribution in [3.8, 4) is 6.07 Å². The Bertz CT molecular complexity index is 94.6. The lowest BCUT2D eigenvalue weighted by molar-refractivity contribution is 0.415. The summed E-state index contributed by atoms with van der Waals surface area (Å²) in [5, 5.41) is 15.9. The first kappa shape index (κ1) is 5.03. The predicted octanol–water partition coefficient (Wildman–Crippen LogP) is 0.972. The Kier molecular flexibility index (Phi) is 1.91. The Hall–Kier alpha value is -0.970. The van der Waals surface area contributed by atoms with E-state index in [1.807, 2.05) is 0 Å². The van der Waals surface area contributed by atoms with Crippen LogP contribution < -0.4 is 0 Å². The fraction of sp³-hybridized carbons (Fsp3) is 0.250.